The molecule has 0 spiro atoms. The van der Waals surface area contributed by atoms with Gasteiger partial charge in [-0.05, 0) is 43.4 Å². The van der Waals surface area contributed by atoms with E-state index in [9.17, 15) is 8.42 Å². The highest BCUT2D eigenvalue weighted by Crippen LogP contribution is 2.30. The molecular formula is C21H24N4O2S. The molecule has 0 fully saturated rings. The molecule has 0 atom stereocenters. The van der Waals surface area contributed by atoms with Gasteiger partial charge in [0.2, 0.25) is 10.0 Å². The van der Waals surface area contributed by atoms with E-state index in [2.05, 4.69) is 9.71 Å². The lowest BCUT2D eigenvalue weighted by Crippen LogP contribution is -2.29. The first-order chi connectivity index (χ1) is 13.6. The molecule has 0 amide bonds. The molecule has 1 aromatic carbocycles. The van der Waals surface area contributed by atoms with Crippen molar-refractivity contribution in [3.8, 4) is 11.3 Å². The molecule has 0 saturated carbocycles. The van der Waals surface area contributed by atoms with Gasteiger partial charge >= 0.3 is 0 Å². The van der Waals surface area contributed by atoms with Gasteiger partial charge in [0, 0.05) is 35.8 Å². The average Bonchev–Trinajstić information content (AvgIpc) is 3.08. The van der Waals surface area contributed by atoms with E-state index in [-0.39, 0.29) is 5.75 Å². The molecule has 0 saturated heterocycles. The third-order valence-corrected chi connectivity index (χ3v) is 6.41. The molecule has 6 nitrogen and oxygen atoms in total. The van der Waals surface area contributed by atoms with Gasteiger partial charge in [0.15, 0.2) is 0 Å². The van der Waals surface area contributed by atoms with Gasteiger partial charge < -0.3 is 0 Å². The van der Waals surface area contributed by atoms with Gasteiger partial charge in [0.25, 0.3) is 0 Å². The van der Waals surface area contributed by atoms with Crippen LogP contribution in [0.25, 0.3) is 11.3 Å². The molecule has 0 unspecified atom stereocenters. The number of pyridine rings is 1. The lowest BCUT2D eigenvalue weighted by molar-refractivity contribution is 0.538. The SMILES string of the molecule is O=S(=O)(Cc1ccccc1)NCCn1nc(-c2ccncc2)c2c1CCCC2. The Morgan fingerprint density at radius 3 is 2.54 bits per heavy atom. The smallest absolute Gasteiger partial charge is 0.215 e. The van der Waals surface area contributed by atoms with Crippen LogP contribution in [0.2, 0.25) is 0 Å². The second-order valence-electron chi connectivity index (χ2n) is 7.08. The predicted octanol–water partition coefficient (Wildman–Crippen LogP) is 2.94. The minimum Gasteiger partial charge on any atom is -0.267 e. The van der Waals surface area contributed by atoms with Crippen molar-refractivity contribution in [2.45, 2.75) is 38.0 Å². The summed E-state index contributed by atoms with van der Waals surface area (Å²) in [5.74, 6) is -0.00663. The van der Waals surface area contributed by atoms with Crippen LogP contribution in [-0.4, -0.2) is 29.7 Å². The summed E-state index contributed by atoms with van der Waals surface area (Å²) in [5.41, 5.74) is 5.39. The molecule has 1 N–H and O–H groups in total. The van der Waals surface area contributed by atoms with Crippen molar-refractivity contribution in [2.75, 3.05) is 6.54 Å². The van der Waals surface area contributed by atoms with Crippen LogP contribution in [-0.2, 0) is 35.2 Å². The Morgan fingerprint density at radius 1 is 1.00 bits per heavy atom. The number of fused-ring (bicyclic) bond motifs is 1. The molecule has 28 heavy (non-hydrogen) atoms. The minimum atomic E-state index is -3.37. The number of sulfonamides is 1. The molecule has 0 radical (unpaired) electrons. The zero-order valence-electron chi connectivity index (χ0n) is 15.7. The molecule has 7 heteroatoms. The van der Waals surface area contributed by atoms with Gasteiger partial charge in [0.1, 0.15) is 0 Å². The molecule has 1 aliphatic carbocycles. The van der Waals surface area contributed by atoms with Crippen LogP contribution in [0.3, 0.4) is 0 Å². The summed E-state index contributed by atoms with van der Waals surface area (Å²) in [6.07, 6.45) is 7.88. The summed E-state index contributed by atoms with van der Waals surface area (Å²) < 4.78 is 29.4. The average molecular weight is 397 g/mol. The lowest BCUT2D eigenvalue weighted by Gasteiger charge is -2.14. The largest absolute Gasteiger partial charge is 0.267 e. The second kappa shape index (κ2) is 8.24. The third kappa shape index (κ3) is 4.31. The van der Waals surface area contributed by atoms with Crippen molar-refractivity contribution in [3.05, 3.63) is 71.7 Å². The van der Waals surface area contributed by atoms with Crippen LogP contribution in [0.15, 0.2) is 54.9 Å². The van der Waals surface area contributed by atoms with Crippen LogP contribution in [0.1, 0.15) is 29.7 Å². The number of rotatable bonds is 7. The Balaban J connectivity index is 1.47. The Morgan fingerprint density at radius 2 is 1.75 bits per heavy atom. The summed E-state index contributed by atoms with van der Waals surface area (Å²) in [6.45, 7) is 0.862. The van der Waals surface area contributed by atoms with E-state index in [0.29, 0.717) is 13.1 Å². The molecule has 0 bridgehead atoms. The maximum Gasteiger partial charge on any atom is 0.215 e. The molecule has 2 heterocycles. The number of benzene rings is 1. The van der Waals surface area contributed by atoms with Crippen molar-refractivity contribution in [1.29, 1.82) is 0 Å². The summed E-state index contributed by atoms with van der Waals surface area (Å²) in [4.78, 5) is 4.09. The highest BCUT2D eigenvalue weighted by Gasteiger charge is 2.22. The second-order valence-corrected chi connectivity index (χ2v) is 8.89. The number of aromatic nitrogens is 3. The summed E-state index contributed by atoms with van der Waals surface area (Å²) in [5, 5.41) is 4.82. The first-order valence-corrected chi connectivity index (χ1v) is 11.3. The van der Waals surface area contributed by atoms with E-state index in [1.54, 1.807) is 12.4 Å². The lowest BCUT2D eigenvalue weighted by atomic mass is 9.94. The van der Waals surface area contributed by atoms with Crippen LogP contribution in [0, 0.1) is 0 Å². The van der Waals surface area contributed by atoms with E-state index in [4.69, 9.17) is 5.10 Å². The molecule has 2 aromatic heterocycles. The van der Waals surface area contributed by atoms with E-state index >= 15 is 0 Å². The Hall–Kier alpha value is -2.51. The van der Waals surface area contributed by atoms with Gasteiger partial charge in [-0.3, -0.25) is 9.67 Å². The zero-order chi connectivity index (χ0) is 19.4. The number of nitrogens with zero attached hydrogens (tertiary/aromatic N) is 3. The monoisotopic (exact) mass is 396 g/mol. The Kier molecular flexibility index (Phi) is 5.54. The Bertz CT molecular complexity index is 1030. The maximum atomic E-state index is 12.4. The summed E-state index contributed by atoms with van der Waals surface area (Å²) in [6, 6.07) is 13.2. The van der Waals surface area contributed by atoms with Crippen LogP contribution < -0.4 is 4.72 Å². The summed E-state index contributed by atoms with van der Waals surface area (Å²) in [7, 11) is -3.37. The first-order valence-electron chi connectivity index (χ1n) is 9.62. The number of hydrogen-bond acceptors (Lipinski definition) is 4. The fourth-order valence-electron chi connectivity index (χ4n) is 3.75. The van der Waals surface area contributed by atoms with E-state index in [1.807, 2.05) is 47.1 Å². The molecular weight excluding hydrogens is 372 g/mol. The van der Waals surface area contributed by atoms with Crippen molar-refractivity contribution in [1.82, 2.24) is 19.5 Å². The van der Waals surface area contributed by atoms with Crippen molar-refractivity contribution in [2.24, 2.45) is 0 Å². The molecule has 146 valence electrons. The normalized spacial score (nSPS) is 14.0. The topological polar surface area (TPSA) is 76.9 Å². The highest BCUT2D eigenvalue weighted by molar-refractivity contribution is 7.88. The van der Waals surface area contributed by atoms with Crippen LogP contribution >= 0.6 is 0 Å². The predicted molar refractivity (Wildman–Crippen MR) is 109 cm³/mol. The Labute approximate surface area is 165 Å². The zero-order valence-corrected chi connectivity index (χ0v) is 16.5. The highest BCUT2D eigenvalue weighted by atomic mass is 32.2. The van der Waals surface area contributed by atoms with E-state index in [0.717, 1.165) is 36.1 Å². The first kappa shape index (κ1) is 18.8. The van der Waals surface area contributed by atoms with Gasteiger partial charge in [-0.15, -0.1) is 0 Å². The summed E-state index contributed by atoms with van der Waals surface area (Å²) >= 11 is 0. The van der Waals surface area contributed by atoms with Crippen molar-refractivity contribution in [3.63, 3.8) is 0 Å². The van der Waals surface area contributed by atoms with Gasteiger partial charge in [-0.25, -0.2) is 13.1 Å². The fourth-order valence-corrected chi connectivity index (χ4v) is 4.88. The quantitative estimate of drug-likeness (QED) is 0.666. The molecule has 4 rings (SSSR count). The number of nitrogens with one attached hydrogen (secondary N) is 1. The van der Waals surface area contributed by atoms with Crippen LogP contribution in [0.4, 0.5) is 0 Å². The van der Waals surface area contributed by atoms with Gasteiger partial charge in [-0.1, -0.05) is 30.3 Å². The van der Waals surface area contributed by atoms with Crippen molar-refractivity contribution >= 4 is 10.0 Å². The molecule has 3 aromatic rings. The van der Waals surface area contributed by atoms with Crippen molar-refractivity contribution < 1.29 is 8.42 Å². The van der Waals surface area contributed by atoms with E-state index < -0.39 is 10.0 Å². The van der Waals surface area contributed by atoms with Gasteiger partial charge in [-0.2, -0.15) is 5.10 Å². The van der Waals surface area contributed by atoms with Crippen LogP contribution in [0.5, 0.6) is 0 Å². The minimum absolute atomic E-state index is 0.00663. The third-order valence-electron chi connectivity index (χ3n) is 5.06. The standard InChI is InChI=1S/C21H24N4O2S/c26-28(27,16-17-6-2-1-3-7-17)23-14-15-25-20-9-5-4-8-19(20)21(24-25)18-10-12-22-13-11-18/h1-3,6-7,10-13,23H,4-5,8-9,14-16H2. The van der Waals surface area contributed by atoms with E-state index in [1.165, 1.54) is 17.7 Å². The molecule has 1 aliphatic rings. The molecule has 0 aliphatic heterocycles. The maximum absolute atomic E-state index is 12.4. The van der Waals surface area contributed by atoms with Gasteiger partial charge in [0.05, 0.1) is 18.0 Å². The number of hydrogen-bond donors (Lipinski definition) is 1. The fraction of sp³-hybridized carbons (Fsp3) is 0.333.